The monoisotopic (exact) mass is 341 g/mol. The van der Waals surface area contributed by atoms with Gasteiger partial charge in [-0.25, -0.2) is 9.97 Å². The molecule has 1 fully saturated rings. The molecule has 0 saturated carbocycles. The maximum Gasteiger partial charge on any atom is 0.144 e. The third kappa shape index (κ3) is 3.10. The second-order valence-corrected chi connectivity index (χ2v) is 6.02. The second kappa shape index (κ2) is 6.60. The molecule has 1 aromatic carbocycles. The first-order chi connectivity index (χ1) is 12.2. The molecule has 0 radical (unpaired) electrons. The van der Waals surface area contributed by atoms with E-state index in [0.717, 1.165) is 60.3 Å². The van der Waals surface area contributed by atoms with Crippen molar-refractivity contribution in [2.24, 2.45) is 7.05 Å². The Kier molecular flexibility index (Phi) is 4.15. The third-order valence-corrected chi connectivity index (χ3v) is 4.44. The van der Waals surface area contributed by atoms with E-state index in [0.29, 0.717) is 0 Å². The Hall–Kier alpha value is -2.80. The van der Waals surface area contributed by atoms with Crippen molar-refractivity contribution >= 4 is 28.2 Å². The lowest BCUT2D eigenvalue weighted by molar-refractivity contribution is 0.122. The number of fused-ring (bicyclic) bond motifs is 1. The van der Waals surface area contributed by atoms with Gasteiger partial charge in [0.2, 0.25) is 0 Å². The number of aromatic nitrogens is 3. The van der Waals surface area contributed by atoms with Gasteiger partial charge in [-0.15, -0.1) is 0 Å². The number of hydrogen-bond acceptors (Lipinski definition) is 6. The topological polar surface area (TPSA) is 64.4 Å². The van der Waals surface area contributed by atoms with E-state index in [1.807, 2.05) is 23.7 Å². The zero-order valence-corrected chi connectivity index (χ0v) is 14.4. The zero-order chi connectivity index (χ0) is 17.2. The highest BCUT2D eigenvalue weighted by atomic mass is 16.5. The minimum atomic E-state index is 0. The van der Waals surface area contributed by atoms with Crippen molar-refractivity contribution < 1.29 is 10.9 Å². The van der Waals surface area contributed by atoms with Gasteiger partial charge in [-0.2, -0.15) is 0 Å². The fourth-order valence-corrected chi connectivity index (χ4v) is 3.04. The predicted octanol–water partition coefficient (Wildman–Crippen LogP) is 2.80. The molecule has 0 atom stereocenters. The van der Waals surface area contributed by atoms with E-state index in [9.17, 15) is 0 Å². The number of ether oxygens (including phenoxy) is 2. The van der Waals surface area contributed by atoms with Crippen molar-refractivity contribution in [2.45, 2.75) is 0 Å². The summed E-state index contributed by atoms with van der Waals surface area (Å²) >= 11 is 0. The van der Waals surface area contributed by atoms with Crippen LogP contribution in [0.3, 0.4) is 0 Å². The molecule has 0 bridgehead atoms. The van der Waals surface area contributed by atoms with Crippen LogP contribution in [-0.2, 0) is 11.8 Å². The molecule has 0 spiro atoms. The second-order valence-electron chi connectivity index (χ2n) is 6.02. The quantitative estimate of drug-likeness (QED) is 0.787. The summed E-state index contributed by atoms with van der Waals surface area (Å²) in [4.78, 5) is 11.0. The van der Waals surface area contributed by atoms with E-state index < -0.39 is 0 Å². The van der Waals surface area contributed by atoms with Crippen LogP contribution in [0.15, 0.2) is 36.8 Å². The largest absolute Gasteiger partial charge is 0.494 e. The first-order valence-corrected chi connectivity index (χ1v) is 8.29. The van der Waals surface area contributed by atoms with E-state index in [1.54, 1.807) is 19.6 Å². The summed E-state index contributed by atoms with van der Waals surface area (Å²) in [7, 11) is 3.65. The molecular weight excluding hydrogens is 318 g/mol. The standard InChI is InChI=1S/C18H21N5O2.H2/c1-22-12-20-15-11-19-18(10-16(15)22)21-14-4-3-13(9-17(14)24-2)23-5-7-25-8-6-23;/h3-4,9-12H,5-8H2,1-2H3,(H,19,21);1H. The number of imidazole rings is 1. The Morgan fingerprint density at radius 1 is 1.20 bits per heavy atom. The first kappa shape index (κ1) is 15.7. The Morgan fingerprint density at radius 2 is 2.04 bits per heavy atom. The molecule has 0 unspecified atom stereocenters. The molecule has 0 aliphatic carbocycles. The summed E-state index contributed by atoms with van der Waals surface area (Å²) in [6, 6.07) is 8.16. The van der Waals surface area contributed by atoms with Crippen LogP contribution in [0.5, 0.6) is 5.75 Å². The van der Waals surface area contributed by atoms with Gasteiger partial charge in [0.1, 0.15) is 17.1 Å². The van der Waals surface area contributed by atoms with E-state index in [-0.39, 0.29) is 1.43 Å². The van der Waals surface area contributed by atoms with E-state index in [1.165, 1.54) is 0 Å². The van der Waals surface area contributed by atoms with Gasteiger partial charge in [0, 0.05) is 39.4 Å². The summed E-state index contributed by atoms with van der Waals surface area (Å²) < 4.78 is 13.0. The Balaban J connectivity index is 0.00000196. The molecule has 4 rings (SSSR count). The molecule has 1 aliphatic rings. The van der Waals surface area contributed by atoms with Gasteiger partial charge >= 0.3 is 0 Å². The molecule has 1 saturated heterocycles. The number of aryl methyl sites for hydroxylation is 1. The average Bonchev–Trinajstić information content (AvgIpc) is 3.03. The summed E-state index contributed by atoms with van der Waals surface area (Å²) in [6.45, 7) is 3.32. The number of nitrogens with one attached hydrogen (secondary N) is 1. The number of pyridine rings is 1. The number of rotatable bonds is 4. The summed E-state index contributed by atoms with van der Waals surface area (Å²) in [5, 5.41) is 3.34. The Labute approximate surface area is 147 Å². The molecule has 3 aromatic rings. The lowest BCUT2D eigenvalue weighted by Crippen LogP contribution is -2.36. The average molecular weight is 341 g/mol. The van der Waals surface area contributed by atoms with Crippen molar-refractivity contribution in [3.63, 3.8) is 0 Å². The minimum Gasteiger partial charge on any atom is -0.494 e. The first-order valence-electron chi connectivity index (χ1n) is 8.29. The number of hydrogen-bond donors (Lipinski definition) is 1. The normalized spacial score (nSPS) is 14.7. The van der Waals surface area contributed by atoms with Gasteiger partial charge in [-0.1, -0.05) is 0 Å². The zero-order valence-electron chi connectivity index (χ0n) is 14.4. The van der Waals surface area contributed by atoms with Crippen LogP contribution in [0.1, 0.15) is 1.43 Å². The van der Waals surface area contributed by atoms with Crippen molar-refractivity contribution in [3.05, 3.63) is 36.8 Å². The van der Waals surface area contributed by atoms with Crippen LogP contribution in [0.2, 0.25) is 0 Å². The van der Waals surface area contributed by atoms with Crippen LogP contribution < -0.4 is 15.0 Å². The SMILES string of the molecule is COc1cc(N2CCOCC2)ccc1Nc1cc2c(cn1)ncn2C.[HH]. The highest BCUT2D eigenvalue weighted by Gasteiger charge is 2.14. The fourth-order valence-electron chi connectivity index (χ4n) is 3.04. The van der Waals surface area contributed by atoms with Gasteiger partial charge in [-0.3, -0.25) is 0 Å². The van der Waals surface area contributed by atoms with Crippen molar-refractivity contribution in [1.82, 2.24) is 14.5 Å². The predicted molar refractivity (Wildman–Crippen MR) is 99.9 cm³/mol. The maximum atomic E-state index is 5.58. The Morgan fingerprint density at radius 3 is 2.84 bits per heavy atom. The minimum absolute atomic E-state index is 0. The van der Waals surface area contributed by atoms with Gasteiger partial charge < -0.3 is 24.3 Å². The number of benzene rings is 1. The van der Waals surface area contributed by atoms with E-state index in [2.05, 4.69) is 32.3 Å². The highest BCUT2D eigenvalue weighted by Crippen LogP contribution is 2.32. The van der Waals surface area contributed by atoms with Gasteiger partial charge in [0.25, 0.3) is 0 Å². The van der Waals surface area contributed by atoms with Crippen molar-refractivity contribution in [3.8, 4) is 5.75 Å². The molecule has 0 amide bonds. The van der Waals surface area contributed by atoms with Gasteiger partial charge in [0.15, 0.2) is 0 Å². The molecule has 7 nitrogen and oxygen atoms in total. The molecule has 2 aromatic heterocycles. The van der Waals surface area contributed by atoms with Crippen LogP contribution in [0.25, 0.3) is 11.0 Å². The van der Waals surface area contributed by atoms with Gasteiger partial charge in [0.05, 0.1) is 44.1 Å². The maximum absolute atomic E-state index is 5.58. The third-order valence-electron chi connectivity index (χ3n) is 4.44. The molecule has 3 heterocycles. The van der Waals surface area contributed by atoms with E-state index >= 15 is 0 Å². The van der Waals surface area contributed by atoms with Crippen molar-refractivity contribution in [1.29, 1.82) is 0 Å². The molecule has 1 aliphatic heterocycles. The molecule has 132 valence electrons. The Bertz CT molecular complexity index is 892. The summed E-state index contributed by atoms with van der Waals surface area (Å²) in [5.74, 6) is 1.55. The summed E-state index contributed by atoms with van der Waals surface area (Å²) in [5.41, 5.74) is 3.93. The number of nitrogens with zero attached hydrogens (tertiary/aromatic N) is 4. The molecule has 1 N–H and O–H groups in total. The van der Waals surface area contributed by atoms with E-state index in [4.69, 9.17) is 9.47 Å². The lowest BCUT2D eigenvalue weighted by Gasteiger charge is -2.29. The van der Waals surface area contributed by atoms with Crippen LogP contribution in [0.4, 0.5) is 17.2 Å². The summed E-state index contributed by atoms with van der Waals surface area (Å²) in [6.07, 6.45) is 3.56. The fraction of sp³-hybridized carbons (Fsp3) is 0.333. The molecule has 25 heavy (non-hydrogen) atoms. The highest BCUT2D eigenvalue weighted by molar-refractivity contribution is 5.79. The smallest absolute Gasteiger partial charge is 0.144 e. The van der Waals surface area contributed by atoms with Crippen LogP contribution in [0, 0.1) is 0 Å². The number of anilines is 3. The molecule has 7 heteroatoms. The van der Waals surface area contributed by atoms with Gasteiger partial charge in [-0.05, 0) is 12.1 Å². The number of methoxy groups -OCH3 is 1. The lowest BCUT2D eigenvalue weighted by atomic mass is 10.2. The van der Waals surface area contributed by atoms with Crippen LogP contribution in [-0.4, -0.2) is 47.9 Å². The number of morpholine rings is 1. The van der Waals surface area contributed by atoms with Crippen molar-refractivity contribution in [2.75, 3.05) is 43.6 Å². The van der Waals surface area contributed by atoms with Crippen LogP contribution >= 0.6 is 0 Å². The molecular formula is C18H23N5O2.